The van der Waals surface area contributed by atoms with Gasteiger partial charge < -0.3 is 15.3 Å². The number of aliphatic carboxylic acids is 1. The fourth-order valence-electron chi connectivity index (χ4n) is 1.72. The van der Waals surface area contributed by atoms with Gasteiger partial charge in [0.05, 0.1) is 4.91 Å². The number of rotatable bonds is 3. The standard InChI is InChI=1S/C13H11NO5S2/c1-6(12(18)19)14-11(17)10(21-13(14)20)4-7-2-3-8(15)5-9(7)16/h2-6,15-16H,1H3,(H,18,19)/b10-4-. The van der Waals surface area contributed by atoms with Crippen LogP contribution in [0.3, 0.4) is 0 Å². The Hall–Kier alpha value is -2.06. The van der Waals surface area contributed by atoms with Crippen LogP contribution in [0.5, 0.6) is 11.5 Å². The van der Waals surface area contributed by atoms with Crippen molar-refractivity contribution < 1.29 is 24.9 Å². The molecule has 1 amide bonds. The first-order chi connectivity index (χ1) is 9.81. The molecule has 1 aromatic rings. The van der Waals surface area contributed by atoms with E-state index in [1.54, 1.807) is 0 Å². The Morgan fingerprint density at radius 2 is 2.10 bits per heavy atom. The summed E-state index contributed by atoms with van der Waals surface area (Å²) in [5, 5.41) is 27.9. The largest absolute Gasteiger partial charge is 0.508 e. The number of thioether (sulfide) groups is 1. The van der Waals surface area contributed by atoms with Crippen LogP contribution in [0.15, 0.2) is 23.1 Å². The quantitative estimate of drug-likeness (QED) is 0.575. The summed E-state index contributed by atoms with van der Waals surface area (Å²) in [6, 6.07) is 2.90. The van der Waals surface area contributed by atoms with E-state index in [-0.39, 0.29) is 20.7 Å². The number of phenols is 2. The van der Waals surface area contributed by atoms with E-state index < -0.39 is 17.9 Å². The lowest BCUT2D eigenvalue weighted by atomic mass is 10.1. The minimum atomic E-state index is -1.15. The molecule has 1 heterocycles. The van der Waals surface area contributed by atoms with Gasteiger partial charge in [-0.05, 0) is 25.1 Å². The lowest BCUT2D eigenvalue weighted by molar-refractivity contribution is -0.144. The second-order valence-electron chi connectivity index (χ2n) is 4.31. The maximum atomic E-state index is 12.2. The van der Waals surface area contributed by atoms with Crippen molar-refractivity contribution in [2.45, 2.75) is 13.0 Å². The Bertz CT molecular complexity index is 671. The number of carboxylic acid groups (broad SMARTS) is 1. The zero-order valence-corrected chi connectivity index (χ0v) is 12.4. The molecule has 1 saturated heterocycles. The van der Waals surface area contributed by atoms with Crippen LogP contribution < -0.4 is 0 Å². The number of amides is 1. The summed E-state index contributed by atoms with van der Waals surface area (Å²) in [7, 11) is 0. The topological polar surface area (TPSA) is 98.1 Å². The molecule has 1 aromatic carbocycles. The third-order valence-corrected chi connectivity index (χ3v) is 4.20. The summed E-state index contributed by atoms with van der Waals surface area (Å²) in [6.45, 7) is 1.37. The van der Waals surface area contributed by atoms with Crippen molar-refractivity contribution in [3.63, 3.8) is 0 Å². The summed E-state index contributed by atoms with van der Waals surface area (Å²) < 4.78 is 0.152. The van der Waals surface area contributed by atoms with Gasteiger partial charge in [0.15, 0.2) is 0 Å². The van der Waals surface area contributed by atoms with Crippen molar-refractivity contribution in [2.75, 3.05) is 0 Å². The highest BCUT2D eigenvalue weighted by molar-refractivity contribution is 8.26. The van der Waals surface area contributed by atoms with E-state index in [1.165, 1.54) is 25.1 Å². The third kappa shape index (κ3) is 3.01. The van der Waals surface area contributed by atoms with Crippen LogP contribution in [-0.4, -0.2) is 42.5 Å². The molecule has 110 valence electrons. The molecule has 0 bridgehead atoms. The smallest absolute Gasteiger partial charge is 0.326 e. The number of carbonyl (C=O) groups is 2. The number of carboxylic acids is 1. The minimum absolute atomic E-state index is 0.100. The van der Waals surface area contributed by atoms with E-state index >= 15 is 0 Å². The monoisotopic (exact) mass is 325 g/mol. The normalized spacial score (nSPS) is 18.3. The van der Waals surface area contributed by atoms with Gasteiger partial charge in [0.1, 0.15) is 21.9 Å². The molecule has 0 radical (unpaired) electrons. The van der Waals surface area contributed by atoms with Gasteiger partial charge in [-0.15, -0.1) is 0 Å². The maximum Gasteiger partial charge on any atom is 0.326 e. The van der Waals surface area contributed by atoms with Crippen molar-refractivity contribution in [2.24, 2.45) is 0 Å². The van der Waals surface area contributed by atoms with Gasteiger partial charge in [0.2, 0.25) is 0 Å². The van der Waals surface area contributed by atoms with Crippen molar-refractivity contribution >= 4 is 46.3 Å². The van der Waals surface area contributed by atoms with E-state index in [9.17, 15) is 19.8 Å². The molecular formula is C13H11NO5S2. The predicted molar refractivity (Wildman–Crippen MR) is 81.9 cm³/mol. The number of phenolic OH excluding ortho intramolecular Hbond substituents is 2. The molecule has 1 fully saturated rings. The number of benzene rings is 1. The van der Waals surface area contributed by atoms with E-state index in [4.69, 9.17) is 17.3 Å². The van der Waals surface area contributed by atoms with Crippen molar-refractivity contribution in [1.29, 1.82) is 0 Å². The second-order valence-corrected chi connectivity index (χ2v) is 5.98. The Balaban J connectivity index is 2.34. The molecule has 0 spiro atoms. The van der Waals surface area contributed by atoms with Crippen LogP contribution in [0.25, 0.3) is 6.08 Å². The molecule has 1 atom stereocenters. The molecule has 8 heteroatoms. The van der Waals surface area contributed by atoms with Gasteiger partial charge in [-0.2, -0.15) is 0 Å². The fraction of sp³-hybridized carbons (Fsp3) is 0.154. The number of hydrogen-bond donors (Lipinski definition) is 3. The Morgan fingerprint density at radius 3 is 2.67 bits per heavy atom. The number of nitrogens with zero attached hydrogens (tertiary/aromatic N) is 1. The first kappa shape index (κ1) is 15.3. The van der Waals surface area contributed by atoms with Gasteiger partial charge in [-0.1, -0.05) is 24.0 Å². The molecule has 0 aliphatic carbocycles. The molecule has 21 heavy (non-hydrogen) atoms. The van der Waals surface area contributed by atoms with Crippen molar-refractivity contribution in [1.82, 2.24) is 4.90 Å². The third-order valence-electron chi connectivity index (χ3n) is 2.87. The highest BCUT2D eigenvalue weighted by Crippen LogP contribution is 2.35. The zero-order chi connectivity index (χ0) is 15.7. The number of thiocarbonyl (C=S) groups is 1. The average Bonchev–Trinajstić information content (AvgIpc) is 2.67. The summed E-state index contributed by atoms with van der Waals surface area (Å²) in [6.07, 6.45) is 1.41. The van der Waals surface area contributed by atoms with E-state index in [0.717, 1.165) is 22.7 Å². The van der Waals surface area contributed by atoms with Crippen LogP contribution in [0, 0.1) is 0 Å². The van der Waals surface area contributed by atoms with Crippen molar-refractivity contribution in [3.05, 3.63) is 28.7 Å². The first-order valence-electron chi connectivity index (χ1n) is 5.83. The maximum absolute atomic E-state index is 12.2. The first-order valence-corrected chi connectivity index (χ1v) is 7.05. The SMILES string of the molecule is CC(C(=O)O)N1C(=O)/C(=C/c2ccc(O)cc2O)SC1=S. The Morgan fingerprint density at radius 1 is 1.43 bits per heavy atom. The van der Waals surface area contributed by atoms with E-state index in [1.807, 2.05) is 0 Å². The molecule has 1 aliphatic rings. The predicted octanol–water partition coefficient (Wildman–Crippen LogP) is 1.77. The van der Waals surface area contributed by atoms with Crippen LogP contribution >= 0.6 is 24.0 Å². The summed E-state index contributed by atoms with van der Waals surface area (Å²) in [5.41, 5.74) is 0.330. The molecule has 6 nitrogen and oxygen atoms in total. The molecule has 1 unspecified atom stereocenters. The van der Waals surface area contributed by atoms with Gasteiger partial charge >= 0.3 is 5.97 Å². The number of carbonyl (C=O) groups excluding carboxylic acids is 1. The summed E-state index contributed by atoms with van der Waals surface area (Å²) in [4.78, 5) is 24.4. The van der Waals surface area contributed by atoms with Crippen LogP contribution in [-0.2, 0) is 9.59 Å². The van der Waals surface area contributed by atoms with Crippen LogP contribution in [0.2, 0.25) is 0 Å². The summed E-state index contributed by atoms with van der Waals surface area (Å²) in [5.74, 6) is -1.96. The molecule has 0 aromatic heterocycles. The van der Waals surface area contributed by atoms with Gasteiger partial charge in [-0.25, -0.2) is 4.79 Å². The van der Waals surface area contributed by atoms with Gasteiger partial charge in [0.25, 0.3) is 5.91 Å². The molecular weight excluding hydrogens is 314 g/mol. The van der Waals surface area contributed by atoms with Crippen LogP contribution in [0.4, 0.5) is 0 Å². The second kappa shape index (κ2) is 5.74. The number of hydrogen-bond acceptors (Lipinski definition) is 6. The Kier molecular flexibility index (Phi) is 4.19. The highest BCUT2D eigenvalue weighted by Gasteiger charge is 2.38. The highest BCUT2D eigenvalue weighted by atomic mass is 32.2. The molecule has 0 saturated carbocycles. The fourth-order valence-corrected chi connectivity index (χ4v) is 3.13. The Labute approximate surface area is 129 Å². The van der Waals surface area contributed by atoms with Crippen LogP contribution in [0.1, 0.15) is 12.5 Å². The average molecular weight is 325 g/mol. The molecule has 2 rings (SSSR count). The zero-order valence-electron chi connectivity index (χ0n) is 10.8. The lowest BCUT2D eigenvalue weighted by Gasteiger charge is -2.18. The van der Waals surface area contributed by atoms with Gasteiger partial charge in [-0.3, -0.25) is 9.69 Å². The molecule has 3 N–H and O–H groups in total. The van der Waals surface area contributed by atoms with E-state index in [2.05, 4.69) is 0 Å². The van der Waals surface area contributed by atoms with Gasteiger partial charge in [0, 0.05) is 11.6 Å². The lowest BCUT2D eigenvalue weighted by Crippen LogP contribution is -2.41. The minimum Gasteiger partial charge on any atom is -0.508 e. The number of aromatic hydroxyl groups is 2. The van der Waals surface area contributed by atoms with E-state index in [0.29, 0.717) is 5.56 Å². The molecule has 1 aliphatic heterocycles. The summed E-state index contributed by atoms with van der Waals surface area (Å²) >= 11 is 5.99. The van der Waals surface area contributed by atoms with Crippen molar-refractivity contribution in [3.8, 4) is 11.5 Å².